The van der Waals surface area contributed by atoms with Crippen LogP contribution in [0, 0.1) is 0 Å². The number of ether oxygens (including phenoxy) is 3. The van der Waals surface area contributed by atoms with Crippen LogP contribution in [0.25, 0.3) is 33.6 Å². The molecule has 0 aliphatic carbocycles. The molecule has 3 saturated heterocycles. The molecule has 14 bridgehead atoms. The van der Waals surface area contributed by atoms with Gasteiger partial charge in [0.1, 0.15) is 18.0 Å². The lowest BCUT2D eigenvalue weighted by Gasteiger charge is -2.35. The fraction of sp³-hybridized carbons (Fsp3) is 0.423. The lowest BCUT2D eigenvalue weighted by Crippen LogP contribution is -2.55. The molecule has 2 atom stereocenters. The molecule has 16 rings (SSSR count). The van der Waals surface area contributed by atoms with Crippen molar-refractivity contribution >= 4 is 58.6 Å². The van der Waals surface area contributed by atoms with Crippen LogP contribution in [0.1, 0.15) is 133 Å². The number of hydrogen-bond donors (Lipinski definition) is 8. The quantitative estimate of drug-likeness (QED) is 0.118. The Kier molecular flexibility index (Phi) is 23.2. The van der Waals surface area contributed by atoms with Crippen LogP contribution in [0.4, 0.5) is 21.9 Å². The largest absolute Gasteiger partial charge is 0.447 e. The fourth-order valence-electron chi connectivity index (χ4n) is 13.1. The number of anilines is 3. The molecule has 0 saturated carbocycles. The van der Waals surface area contributed by atoms with Gasteiger partial charge in [-0.3, -0.25) is 56.9 Å². The number of piperidine rings is 2. The van der Waals surface area contributed by atoms with Crippen molar-refractivity contribution in [3.63, 3.8) is 0 Å². The van der Waals surface area contributed by atoms with Gasteiger partial charge in [-0.2, -0.15) is 30.6 Å². The highest BCUT2D eigenvalue weighted by Crippen LogP contribution is 2.30. The number of aryl methyl sites for hydroxylation is 2. The summed E-state index contributed by atoms with van der Waals surface area (Å²) in [5.41, 5.74) is 6.81. The Hall–Kier alpha value is -11.3. The number of benzene rings is 1. The smallest absolute Gasteiger partial charge is 0.409 e. The van der Waals surface area contributed by atoms with E-state index in [1.807, 2.05) is 46.0 Å². The molecule has 1 aromatic carbocycles. The molecule has 550 valence electrons. The van der Waals surface area contributed by atoms with Crippen LogP contribution in [-0.4, -0.2) is 228 Å². The van der Waals surface area contributed by atoms with Gasteiger partial charge in [0, 0.05) is 126 Å². The molecule has 8 aromatic heterocycles. The number of fused-ring (bicyclic) bond motifs is 19. The minimum absolute atomic E-state index is 0.00160. The minimum atomic E-state index is -0.992. The van der Waals surface area contributed by atoms with Gasteiger partial charge in [-0.1, -0.05) is 37.1 Å². The number of β-amino-alcohol motifs (C(OH)–C–C–N with tert-alkyl or cyclic N) is 1. The van der Waals surface area contributed by atoms with Crippen molar-refractivity contribution < 1.29 is 58.0 Å². The van der Waals surface area contributed by atoms with E-state index in [-0.39, 0.29) is 83.7 Å². The average Bonchev–Trinajstić information content (AvgIpc) is 1.72. The van der Waals surface area contributed by atoms with Gasteiger partial charge in [0.2, 0.25) is 0 Å². The van der Waals surface area contributed by atoms with E-state index in [0.29, 0.717) is 106 Å². The SMILES string of the molecule is Cn1cc2c(n1)C(=O)NC1CCN(CC1O)C(=O)OCCn1cc(cn1)-c1cccc(n1)C(=O)N2.O=C1Nc2cn(C3CCN(CCO)CC3)nc2C(=O)NCCCCCCn2cc(cn2)-c2cccc1n2.O=C1Nc2cn(C3CCOCC3)nc2C(=O)NCCOCCn2cc(cn2)-c2cccc1c2. The van der Waals surface area contributed by atoms with Gasteiger partial charge in [0.15, 0.2) is 17.1 Å². The summed E-state index contributed by atoms with van der Waals surface area (Å²) in [4.78, 5) is 103. The van der Waals surface area contributed by atoms with Gasteiger partial charge in [-0.05, 0) is 86.9 Å². The van der Waals surface area contributed by atoms with Gasteiger partial charge < -0.3 is 66.1 Å². The highest BCUT2D eigenvalue weighted by Gasteiger charge is 2.34. The summed E-state index contributed by atoms with van der Waals surface area (Å²) >= 11 is 0. The van der Waals surface area contributed by atoms with Crippen LogP contribution in [0.2, 0.25) is 0 Å². The summed E-state index contributed by atoms with van der Waals surface area (Å²) in [5, 5.41) is 63.2. The van der Waals surface area contributed by atoms with E-state index in [1.54, 1.807) is 94.7 Å². The van der Waals surface area contributed by atoms with Crippen LogP contribution < -0.4 is 31.9 Å². The van der Waals surface area contributed by atoms with Gasteiger partial charge in [0.05, 0.1) is 111 Å². The first-order valence-electron chi connectivity index (χ1n) is 35.4. The van der Waals surface area contributed by atoms with E-state index in [2.05, 4.69) is 77.4 Å². The third-order valence-corrected chi connectivity index (χ3v) is 18.8. The van der Waals surface area contributed by atoms with Crippen molar-refractivity contribution in [3.8, 4) is 33.6 Å². The number of nitrogens with zero attached hydrogens (tertiary/aromatic N) is 16. The standard InChI is InChI=1S/C26H34N8O3.C23H26N6O4.C22H24N8O5/c35-15-14-32-12-8-20(9-13-32)34-18-23-24(31-34)26(37)27-10-3-1-2-4-11-33-17-19(16-28-33)21-6-5-7-22(29-21)25(36)30-23;30-22-17-3-1-2-16(12-17)18-13-25-28(14-18)7-11-33-10-6-24-23(31)21-20(26-22)15-29(27-21)19-4-8-32-9-5-19;1-28-11-17-19(27-28)21(33)25-15-5-6-29(12-18(15)31)22(34)35-8-7-30-10-13(9-23-30)14-3-2-4-16(24-14)20(32)26-17/h5-7,16-18,20,35H,1-4,8-15H2,(H,27,37)(H,30,36);1-3,12-15,19H,4-11H2,(H,24,31)(H,26,30);2-4,9-11,15,18,31H,5-8,12H2,1H3,(H,25,33)(H,26,32). The number of pyridine rings is 2. The zero-order valence-corrected chi connectivity index (χ0v) is 58.1. The minimum Gasteiger partial charge on any atom is -0.447 e. The topological polar surface area (TPSA) is 399 Å². The van der Waals surface area contributed by atoms with Crippen molar-refractivity contribution in [2.24, 2.45) is 7.05 Å². The maximum Gasteiger partial charge on any atom is 0.409 e. The van der Waals surface area contributed by atoms with Gasteiger partial charge in [0.25, 0.3) is 35.4 Å². The molecular weight excluding hydrogens is 1350 g/mol. The molecule has 105 heavy (non-hydrogen) atoms. The Bertz CT molecular complexity index is 4560. The second-order valence-electron chi connectivity index (χ2n) is 26.2. The number of aliphatic hydroxyl groups excluding tert-OH is 2. The van der Waals surface area contributed by atoms with Crippen LogP contribution in [0.15, 0.2) is 116 Å². The number of aromatic nitrogens is 14. The summed E-state index contributed by atoms with van der Waals surface area (Å²) in [5.74, 6) is -2.41. The molecule has 0 radical (unpaired) electrons. The van der Waals surface area contributed by atoms with Crippen molar-refractivity contribution in [1.82, 2.24) is 94.4 Å². The third-order valence-electron chi connectivity index (χ3n) is 18.8. The van der Waals surface area contributed by atoms with Crippen LogP contribution in [-0.2, 0) is 40.9 Å². The number of aliphatic hydroxyl groups is 2. The lowest BCUT2D eigenvalue weighted by molar-refractivity contribution is 0.0279. The molecule has 8 N–H and O–H groups in total. The number of carbonyl (C=O) groups excluding carboxylic acids is 7. The molecule has 0 spiro atoms. The Morgan fingerprint density at radius 3 is 1.69 bits per heavy atom. The number of nitrogens with one attached hydrogen (secondary N) is 6. The zero-order valence-electron chi connectivity index (χ0n) is 58.1. The molecule has 3 fully saturated rings. The molecule has 2 unspecified atom stereocenters. The molecule has 34 nitrogen and oxygen atoms in total. The second kappa shape index (κ2) is 33.9. The van der Waals surface area contributed by atoms with E-state index in [4.69, 9.17) is 14.2 Å². The number of hydrogen-bond acceptors (Lipinski definition) is 21. The van der Waals surface area contributed by atoms with Gasteiger partial charge in [-0.15, -0.1) is 0 Å². The normalized spacial score (nSPS) is 19.2. The molecule has 7 aliphatic heterocycles. The fourth-order valence-corrected chi connectivity index (χ4v) is 13.1. The predicted molar refractivity (Wildman–Crippen MR) is 380 cm³/mol. The Labute approximate surface area is 602 Å². The summed E-state index contributed by atoms with van der Waals surface area (Å²) in [6, 6.07) is 17.3. The van der Waals surface area contributed by atoms with Gasteiger partial charge in [-0.25, -0.2) is 14.8 Å². The highest BCUT2D eigenvalue weighted by molar-refractivity contribution is 6.10. The predicted octanol–water partition coefficient (Wildman–Crippen LogP) is 4.68. The first-order valence-corrected chi connectivity index (χ1v) is 35.4. The molecule has 34 heteroatoms. The summed E-state index contributed by atoms with van der Waals surface area (Å²) in [7, 11) is 1.63. The van der Waals surface area contributed by atoms with Crippen molar-refractivity contribution in [3.05, 3.63) is 150 Å². The van der Waals surface area contributed by atoms with E-state index in [0.717, 1.165) is 87.7 Å². The first kappa shape index (κ1) is 72.0. The maximum absolute atomic E-state index is 13.2. The van der Waals surface area contributed by atoms with Crippen molar-refractivity contribution in [1.29, 1.82) is 0 Å². The zero-order chi connectivity index (χ0) is 72.8. The first-order chi connectivity index (χ1) is 51.1. The van der Waals surface area contributed by atoms with Crippen LogP contribution in [0.5, 0.6) is 0 Å². The molecule has 9 aromatic rings. The van der Waals surface area contributed by atoms with E-state index in [1.165, 1.54) is 15.8 Å². The average molecular weight is 1440 g/mol. The van der Waals surface area contributed by atoms with E-state index < -0.39 is 36.0 Å². The molecule has 15 heterocycles. The maximum atomic E-state index is 13.2. The number of carbonyl (C=O) groups is 7. The van der Waals surface area contributed by atoms with Crippen LogP contribution >= 0.6 is 0 Å². The summed E-state index contributed by atoms with van der Waals surface area (Å²) in [6.45, 7) is 7.65. The Balaban J connectivity index is 0.000000140. The highest BCUT2D eigenvalue weighted by atomic mass is 16.6. The third kappa shape index (κ3) is 18.2. The van der Waals surface area contributed by atoms with E-state index >= 15 is 0 Å². The summed E-state index contributed by atoms with van der Waals surface area (Å²) in [6.07, 6.45) is 21.8. The summed E-state index contributed by atoms with van der Waals surface area (Å²) < 4.78 is 26.7. The van der Waals surface area contributed by atoms with E-state index in [9.17, 15) is 43.8 Å². The molecule has 7 amide bonds. The second-order valence-corrected chi connectivity index (χ2v) is 26.2. The van der Waals surface area contributed by atoms with Crippen molar-refractivity contribution in [2.75, 3.05) is 101 Å². The number of likely N-dealkylation sites (tertiary alicyclic amines) is 1. The van der Waals surface area contributed by atoms with Gasteiger partial charge >= 0.3 is 6.09 Å². The number of rotatable bonds is 4. The lowest BCUT2D eigenvalue weighted by atomic mass is 10.0. The van der Waals surface area contributed by atoms with Crippen LogP contribution in [0.3, 0.4) is 0 Å². The monoisotopic (exact) mass is 1440 g/mol. The van der Waals surface area contributed by atoms with Crippen molar-refractivity contribution in [2.45, 2.75) is 102 Å². The Morgan fingerprint density at radius 1 is 0.486 bits per heavy atom. The number of amides is 7. The molecular formula is C71H84N22O12. The molecule has 7 aliphatic rings. The Morgan fingerprint density at radius 2 is 1.03 bits per heavy atom.